The summed E-state index contributed by atoms with van der Waals surface area (Å²) in [6, 6.07) is 7.75. The van der Waals surface area contributed by atoms with Crippen molar-refractivity contribution >= 4 is 5.91 Å². The molecule has 1 aromatic rings. The maximum atomic E-state index is 12.2. The maximum absolute atomic E-state index is 12.2. The molecule has 0 aromatic heterocycles. The molecule has 1 aromatic carbocycles. The van der Waals surface area contributed by atoms with E-state index in [-0.39, 0.29) is 12.5 Å². The molecule has 19 heavy (non-hydrogen) atoms. The normalized spacial score (nSPS) is 22.4. The maximum Gasteiger partial charge on any atom is 0.251 e. The van der Waals surface area contributed by atoms with E-state index < -0.39 is 0 Å². The number of amides is 1. The number of hydrogen-bond acceptors (Lipinski definition) is 2. The second-order valence-electron chi connectivity index (χ2n) is 5.35. The summed E-state index contributed by atoms with van der Waals surface area (Å²) in [5.74, 6) is 0.811. The molecule has 1 aliphatic rings. The molecule has 1 amide bonds. The summed E-state index contributed by atoms with van der Waals surface area (Å²) in [4.78, 5) is 12.2. The Kier molecular flexibility index (Phi) is 4.97. The Balaban J connectivity index is 1.94. The quantitative estimate of drug-likeness (QED) is 0.855. The first-order chi connectivity index (χ1) is 9.26. The van der Waals surface area contributed by atoms with Crippen molar-refractivity contribution < 1.29 is 9.90 Å². The Labute approximate surface area is 115 Å². The van der Waals surface area contributed by atoms with Crippen molar-refractivity contribution in [3.63, 3.8) is 0 Å². The SMILES string of the molecule is CCc1ccccc1C(=O)NCC1CCCC1CO. The Morgan fingerprint density at radius 2 is 2.05 bits per heavy atom. The lowest BCUT2D eigenvalue weighted by Crippen LogP contribution is -2.32. The van der Waals surface area contributed by atoms with Crippen molar-refractivity contribution in [2.75, 3.05) is 13.2 Å². The highest BCUT2D eigenvalue weighted by atomic mass is 16.3. The number of aryl methyl sites for hydroxylation is 1. The van der Waals surface area contributed by atoms with Crippen LogP contribution in [-0.4, -0.2) is 24.2 Å². The zero-order valence-corrected chi connectivity index (χ0v) is 11.6. The number of carbonyl (C=O) groups excluding carboxylic acids is 1. The van der Waals surface area contributed by atoms with Gasteiger partial charge in [0.15, 0.2) is 0 Å². The molecular formula is C16H23NO2. The third kappa shape index (κ3) is 3.35. The number of rotatable bonds is 5. The van der Waals surface area contributed by atoms with Gasteiger partial charge in [-0.15, -0.1) is 0 Å². The van der Waals surface area contributed by atoms with Crippen LogP contribution in [0.15, 0.2) is 24.3 Å². The Bertz CT molecular complexity index is 431. The molecule has 0 aliphatic heterocycles. The predicted octanol–water partition coefficient (Wildman–Crippen LogP) is 2.39. The highest BCUT2D eigenvalue weighted by Gasteiger charge is 2.26. The molecule has 2 N–H and O–H groups in total. The van der Waals surface area contributed by atoms with Crippen molar-refractivity contribution in [3.8, 4) is 0 Å². The van der Waals surface area contributed by atoms with Gasteiger partial charge in [-0.1, -0.05) is 31.5 Å². The summed E-state index contributed by atoms with van der Waals surface area (Å²) >= 11 is 0. The zero-order chi connectivity index (χ0) is 13.7. The minimum atomic E-state index is 0.0149. The van der Waals surface area contributed by atoms with Gasteiger partial charge in [0.2, 0.25) is 0 Å². The van der Waals surface area contributed by atoms with Crippen LogP contribution in [0.5, 0.6) is 0 Å². The molecule has 1 fully saturated rings. The highest BCUT2D eigenvalue weighted by Crippen LogP contribution is 2.30. The summed E-state index contributed by atoms with van der Waals surface area (Å²) < 4.78 is 0. The molecule has 1 aliphatic carbocycles. The van der Waals surface area contributed by atoms with Crippen LogP contribution in [0.2, 0.25) is 0 Å². The van der Waals surface area contributed by atoms with Crippen molar-refractivity contribution in [1.29, 1.82) is 0 Å². The molecule has 1 saturated carbocycles. The molecule has 0 radical (unpaired) electrons. The van der Waals surface area contributed by atoms with Gasteiger partial charge in [0.1, 0.15) is 0 Å². The van der Waals surface area contributed by atoms with Crippen molar-refractivity contribution in [3.05, 3.63) is 35.4 Å². The minimum Gasteiger partial charge on any atom is -0.396 e. The number of hydrogen-bond donors (Lipinski definition) is 2. The largest absolute Gasteiger partial charge is 0.396 e. The molecule has 0 saturated heterocycles. The predicted molar refractivity (Wildman–Crippen MR) is 76.1 cm³/mol. The van der Waals surface area contributed by atoms with Crippen LogP contribution in [-0.2, 0) is 6.42 Å². The van der Waals surface area contributed by atoms with E-state index in [0.29, 0.717) is 18.4 Å². The molecule has 0 bridgehead atoms. The van der Waals surface area contributed by atoms with Gasteiger partial charge in [0, 0.05) is 18.7 Å². The van der Waals surface area contributed by atoms with E-state index in [2.05, 4.69) is 12.2 Å². The minimum absolute atomic E-state index is 0.0149. The molecule has 0 heterocycles. The van der Waals surface area contributed by atoms with Gasteiger partial charge in [-0.25, -0.2) is 0 Å². The molecule has 3 heteroatoms. The summed E-state index contributed by atoms with van der Waals surface area (Å²) in [7, 11) is 0. The molecule has 104 valence electrons. The number of benzene rings is 1. The highest BCUT2D eigenvalue weighted by molar-refractivity contribution is 5.95. The summed E-state index contributed by atoms with van der Waals surface area (Å²) in [5.41, 5.74) is 1.87. The van der Waals surface area contributed by atoms with Crippen molar-refractivity contribution in [2.45, 2.75) is 32.6 Å². The summed E-state index contributed by atoms with van der Waals surface area (Å²) in [5, 5.41) is 12.3. The van der Waals surface area contributed by atoms with Crippen LogP contribution in [0.4, 0.5) is 0 Å². The first kappa shape index (κ1) is 14.1. The van der Waals surface area contributed by atoms with Gasteiger partial charge >= 0.3 is 0 Å². The first-order valence-corrected chi connectivity index (χ1v) is 7.23. The van der Waals surface area contributed by atoms with E-state index in [9.17, 15) is 9.90 Å². The molecule has 2 rings (SSSR count). The first-order valence-electron chi connectivity index (χ1n) is 7.23. The third-order valence-electron chi connectivity index (χ3n) is 4.22. The number of aliphatic hydroxyl groups excluding tert-OH is 1. The van der Waals surface area contributed by atoms with E-state index in [1.165, 1.54) is 0 Å². The summed E-state index contributed by atoms with van der Waals surface area (Å²) in [6.07, 6.45) is 4.23. The Hall–Kier alpha value is -1.35. The van der Waals surface area contributed by atoms with Gasteiger partial charge in [-0.3, -0.25) is 4.79 Å². The Morgan fingerprint density at radius 3 is 2.79 bits per heavy atom. The van der Waals surface area contributed by atoms with E-state index >= 15 is 0 Å². The average Bonchev–Trinajstić information content (AvgIpc) is 2.92. The monoisotopic (exact) mass is 261 g/mol. The van der Waals surface area contributed by atoms with Crippen LogP contribution < -0.4 is 5.32 Å². The summed E-state index contributed by atoms with van der Waals surface area (Å²) in [6.45, 7) is 2.99. The third-order valence-corrected chi connectivity index (χ3v) is 4.22. The fourth-order valence-electron chi connectivity index (χ4n) is 2.99. The topological polar surface area (TPSA) is 49.3 Å². The molecule has 3 nitrogen and oxygen atoms in total. The van der Waals surface area contributed by atoms with Gasteiger partial charge in [-0.05, 0) is 42.7 Å². The van der Waals surface area contributed by atoms with Gasteiger partial charge in [0.25, 0.3) is 5.91 Å². The van der Waals surface area contributed by atoms with E-state index in [0.717, 1.165) is 36.8 Å². The van der Waals surface area contributed by atoms with Crippen LogP contribution in [0.3, 0.4) is 0 Å². The smallest absolute Gasteiger partial charge is 0.251 e. The number of carbonyl (C=O) groups is 1. The van der Waals surface area contributed by atoms with Gasteiger partial charge in [0.05, 0.1) is 0 Å². The standard InChI is InChI=1S/C16H23NO2/c1-2-12-6-3-4-9-15(12)16(19)17-10-13-7-5-8-14(13)11-18/h3-4,6,9,13-14,18H,2,5,7-8,10-11H2,1H3,(H,17,19). The molecule has 0 spiro atoms. The number of aliphatic hydroxyl groups is 1. The van der Waals surface area contributed by atoms with Crippen molar-refractivity contribution in [2.24, 2.45) is 11.8 Å². The lowest BCUT2D eigenvalue weighted by molar-refractivity contribution is 0.0937. The lowest BCUT2D eigenvalue weighted by Gasteiger charge is -2.18. The molecule has 2 atom stereocenters. The van der Waals surface area contributed by atoms with E-state index in [1.807, 2.05) is 24.3 Å². The van der Waals surface area contributed by atoms with Crippen LogP contribution in [0.1, 0.15) is 42.1 Å². The second-order valence-corrected chi connectivity index (χ2v) is 5.35. The van der Waals surface area contributed by atoms with Crippen molar-refractivity contribution in [1.82, 2.24) is 5.32 Å². The second kappa shape index (κ2) is 6.71. The van der Waals surface area contributed by atoms with E-state index in [1.54, 1.807) is 0 Å². The van der Waals surface area contributed by atoms with E-state index in [4.69, 9.17) is 0 Å². The number of nitrogens with one attached hydrogen (secondary N) is 1. The Morgan fingerprint density at radius 1 is 1.32 bits per heavy atom. The van der Waals surface area contributed by atoms with Crippen LogP contribution >= 0.6 is 0 Å². The van der Waals surface area contributed by atoms with Crippen LogP contribution in [0.25, 0.3) is 0 Å². The molecule has 2 unspecified atom stereocenters. The lowest BCUT2D eigenvalue weighted by atomic mass is 9.96. The van der Waals surface area contributed by atoms with Crippen LogP contribution in [0, 0.1) is 11.8 Å². The zero-order valence-electron chi connectivity index (χ0n) is 11.6. The fourth-order valence-corrected chi connectivity index (χ4v) is 2.99. The fraction of sp³-hybridized carbons (Fsp3) is 0.562. The molecular weight excluding hydrogens is 238 g/mol. The van der Waals surface area contributed by atoms with Gasteiger partial charge in [-0.2, -0.15) is 0 Å². The average molecular weight is 261 g/mol. The van der Waals surface area contributed by atoms with Gasteiger partial charge < -0.3 is 10.4 Å².